The van der Waals surface area contributed by atoms with E-state index in [1.54, 1.807) is 79.7 Å². The number of ether oxygens (including phenoxy) is 4. The third kappa shape index (κ3) is 7.38. The molecule has 0 bridgehead atoms. The summed E-state index contributed by atoms with van der Waals surface area (Å²) in [6.07, 6.45) is 1.43. The highest BCUT2D eigenvalue weighted by molar-refractivity contribution is 7.13. The van der Waals surface area contributed by atoms with E-state index in [0.717, 1.165) is 5.56 Å². The van der Waals surface area contributed by atoms with Crippen molar-refractivity contribution in [1.29, 1.82) is 0 Å². The topological polar surface area (TPSA) is 116 Å². The van der Waals surface area contributed by atoms with Gasteiger partial charge >= 0.3 is 12.1 Å². The first-order valence-corrected chi connectivity index (χ1v) is 15.8. The van der Waals surface area contributed by atoms with Gasteiger partial charge < -0.3 is 24.3 Å². The highest BCUT2D eigenvalue weighted by Gasteiger charge is 2.45. The highest BCUT2D eigenvalue weighted by atomic mass is 32.1. The molecule has 2 heterocycles. The Morgan fingerprint density at radius 2 is 1.79 bits per heavy atom. The van der Waals surface area contributed by atoms with Crippen molar-refractivity contribution in [3.05, 3.63) is 88.7 Å². The standard InChI is InChI=1S/C35H36FN3O7S/c1-34(2,3)46-33(42)39-15-13-23-17-28(43-5)29(19-26(23)35(39,4)20-30(40)38-32-37-14-16-47-32)45-24-11-12-25(27(36)18-24)21-7-9-22(10-8-21)31(41)44-6/h7-12,14,16-19H,13,15,20H2,1-6H3,(H,37,38,40)/t35-/m1/s1. The quantitative estimate of drug-likeness (QED) is 0.192. The van der Waals surface area contributed by atoms with Crippen LogP contribution >= 0.6 is 11.3 Å². The van der Waals surface area contributed by atoms with Gasteiger partial charge in [0.1, 0.15) is 17.2 Å². The molecule has 1 aliphatic rings. The summed E-state index contributed by atoms with van der Waals surface area (Å²) in [6, 6.07) is 14.4. The first-order valence-electron chi connectivity index (χ1n) is 14.9. The average Bonchev–Trinajstić information content (AvgIpc) is 3.53. The summed E-state index contributed by atoms with van der Waals surface area (Å²) in [5.41, 5.74) is 0.884. The predicted octanol–water partition coefficient (Wildman–Crippen LogP) is 7.57. The number of carbonyl (C=O) groups excluding carboxylic acids is 3. The Labute approximate surface area is 276 Å². The van der Waals surface area contributed by atoms with Gasteiger partial charge in [-0.05, 0) is 87.2 Å². The number of anilines is 1. The normalized spacial score (nSPS) is 15.8. The minimum absolute atomic E-state index is 0.0946. The molecule has 5 rings (SSSR count). The molecule has 4 aromatic rings. The molecule has 1 aromatic heterocycles. The van der Waals surface area contributed by atoms with E-state index < -0.39 is 29.0 Å². The van der Waals surface area contributed by atoms with Crippen molar-refractivity contribution < 1.29 is 37.7 Å². The van der Waals surface area contributed by atoms with Crippen molar-refractivity contribution in [3.63, 3.8) is 0 Å². The summed E-state index contributed by atoms with van der Waals surface area (Å²) in [5.74, 6) is -0.459. The second kappa shape index (κ2) is 13.4. The maximum atomic E-state index is 15.4. The molecule has 0 fully saturated rings. The van der Waals surface area contributed by atoms with E-state index in [1.165, 1.54) is 31.6 Å². The molecule has 1 N–H and O–H groups in total. The Hall–Kier alpha value is -4.97. The summed E-state index contributed by atoms with van der Waals surface area (Å²) >= 11 is 1.29. The highest BCUT2D eigenvalue weighted by Crippen LogP contribution is 2.45. The summed E-state index contributed by atoms with van der Waals surface area (Å²) in [6.45, 7) is 7.47. The summed E-state index contributed by atoms with van der Waals surface area (Å²) in [7, 11) is 2.80. The molecule has 0 radical (unpaired) electrons. The average molecular weight is 662 g/mol. The van der Waals surface area contributed by atoms with Crippen molar-refractivity contribution in [2.75, 3.05) is 26.1 Å². The number of nitrogens with one attached hydrogen (secondary N) is 1. The minimum atomic E-state index is -1.15. The fraction of sp³-hybridized carbons (Fsp3) is 0.314. The van der Waals surface area contributed by atoms with Crippen molar-refractivity contribution in [2.45, 2.75) is 51.7 Å². The number of fused-ring (bicyclic) bond motifs is 1. The van der Waals surface area contributed by atoms with Gasteiger partial charge in [0.15, 0.2) is 16.6 Å². The van der Waals surface area contributed by atoms with Crippen molar-refractivity contribution in [3.8, 4) is 28.4 Å². The molecule has 1 aliphatic heterocycles. The zero-order valence-electron chi connectivity index (χ0n) is 27.0. The van der Waals surface area contributed by atoms with Crippen LogP contribution in [0.4, 0.5) is 14.3 Å². The maximum Gasteiger partial charge on any atom is 0.411 e. The van der Waals surface area contributed by atoms with Crippen LogP contribution in [0.25, 0.3) is 11.1 Å². The molecular formula is C35H36FN3O7S. The Kier molecular flexibility index (Phi) is 9.53. The lowest BCUT2D eigenvalue weighted by Gasteiger charge is -2.46. The minimum Gasteiger partial charge on any atom is -0.493 e. The predicted molar refractivity (Wildman–Crippen MR) is 176 cm³/mol. The number of aromatic nitrogens is 1. The Balaban J connectivity index is 1.49. The van der Waals surface area contributed by atoms with Crippen LogP contribution in [0.3, 0.4) is 0 Å². The number of rotatable bonds is 8. The summed E-state index contributed by atoms with van der Waals surface area (Å²) in [4.78, 5) is 44.4. The molecule has 3 aromatic carbocycles. The van der Waals surface area contributed by atoms with E-state index in [0.29, 0.717) is 46.1 Å². The van der Waals surface area contributed by atoms with Gasteiger partial charge in [-0.2, -0.15) is 0 Å². The lowest BCUT2D eigenvalue weighted by molar-refractivity contribution is -0.119. The van der Waals surface area contributed by atoms with Crippen molar-refractivity contribution in [2.24, 2.45) is 0 Å². The van der Waals surface area contributed by atoms with E-state index in [-0.39, 0.29) is 23.8 Å². The number of esters is 1. The second-order valence-electron chi connectivity index (χ2n) is 12.2. The maximum absolute atomic E-state index is 15.4. The van der Waals surface area contributed by atoms with E-state index >= 15 is 4.39 Å². The van der Waals surface area contributed by atoms with Gasteiger partial charge in [-0.1, -0.05) is 12.1 Å². The molecule has 0 saturated carbocycles. The number of benzene rings is 3. The fourth-order valence-electron chi connectivity index (χ4n) is 5.56. The van der Waals surface area contributed by atoms with Crippen LogP contribution in [0.15, 0.2) is 66.2 Å². The van der Waals surface area contributed by atoms with E-state index in [2.05, 4.69) is 10.3 Å². The Bertz CT molecular complexity index is 1790. The summed E-state index contributed by atoms with van der Waals surface area (Å²) in [5, 5.41) is 5.02. The van der Waals surface area contributed by atoms with Crippen LogP contribution < -0.4 is 14.8 Å². The number of methoxy groups -OCH3 is 2. The lowest BCUT2D eigenvalue weighted by atomic mass is 9.79. The van der Waals surface area contributed by atoms with Gasteiger partial charge in [0, 0.05) is 29.8 Å². The van der Waals surface area contributed by atoms with Gasteiger partial charge in [-0.3, -0.25) is 9.69 Å². The molecule has 0 saturated heterocycles. The van der Waals surface area contributed by atoms with Gasteiger partial charge in [-0.15, -0.1) is 11.3 Å². The van der Waals surface area contributed by atoms with Crippen LogP contribution in [0.2, 0.25) is 0 Å². The molecule has 47 heavy (non-hydrogen) atoms. The van der Waals surface area contributed by atoms with Gasteiger partial charge in [0.05, 0.1) is 31.7 Å². The van der Waals surface area contributed by atoms with E-state index in [1.807, 2.05) is 13.0 Å². The molecule has 0 aliphatic carbocycles. The molecular weight excluding hydrogens is 625 g/mol. The van der Waals surface area contributed by atoms with Crippen LogP contribution in [0.1, 0.15) is 55.6 Å². The number of hydrogen-bond donors (Lipinski definition) is 1. The Morgan fingerprint density at radius 3 is 2.40 bits per heavy atom. The monoisotopic (exact) mass is 661 g/mol. The van der Waals surface area contributed by atoms with Gasteiger partial charge in [0.2, 0.25) is 5.91 Å². The molecule has 2 amide bonds. The molecule has 10 nitrogen and oxygen atoms in total. The van der Waals surface area contributed by atoms with Gasteiger partial charge in [0.25, 0.3) is 0 Å². The third-order valence-electron chi connectivity index (χ3n) is 7.75. The molecule has 0 spiro atoms. The molecule has 1 atom stereocenters. The van der Waals surface area contributed by atoms with Crippen LogP contribution in [-0.2, 0) is 26.2 Å². The molecule has 12 heteroatoms. The van der Waals surface area contributed by atoms with E-state index in [4.69, 9.17) is 18.9 Å². The largest absolute Gasteiger partial charge is 0.493 e. The first-order chi connectivity index (χ1) is 22.3. The molecule has 246 valence electrons. The lowest BCUT2D eigenvalue weighted by Crippen LogP contribution is -2.54. The molecule has 0 unspecified atom stereocenters. The van der Waals surface area contributed by atoms with Crippen LogP contribution in [0.5, 0.6) is 17.2 Å². The first kappa shape index (κ1) is 33.4. The van der Waals surface area contributed by atoms with Gasteiger partial charge in [-0.25, -0.2) is 19.0 Å². The number of amides is 2. The van der Waals surface area contributed by atoms with E-state index in [9.17, 15) is 14.4 Å². The third-order valence-corrected chi connectivity index (χ3v) is 8.44. The smallest absolute Gasteiger partial charge is 0.411 e. The second-order valence-corrected chi connectivity index (χ2v) is 13.1. The number of halogens is 1. The fourth-order valence-corrected chi connectivity index (χ4v) is 6.10. The zero-order valence-corrected chi connectivity index (χ0v) is 27.8. The zero-order chi connectivity index (χ0) is 33.9. The number of hydrogen-bond acceptors (Lipinski definition) is 9. The number of nitrogens with zero attached hydrogens (tertiary/aromatic N) is 2. The van der Waals surface area contributed by atoms with Crippen LogP contribution in [-0.4, -0.2) is 54.2 Å². The van der Waals surface area contributed by atoms with Crippen molar-refractivity contribution >= 4 is 34.4 Å². The Morgan fingerprint density at radius 1 is 1.04 bits per heavy atom. The van der Waals surface area contributed by atoms with Crippen LogP contribution in [0, 0.1) is 5.82 Å². The van der Waals surface area contributed by atoms with Crippen molar-refractivity contribution in [1.82, 2.24) is 9.88 Å². The summed E-state index contributed by atoms with van der Waals surface area (Å²) < 4.78 is 37.7. The number of carbonyl (C=O) groups is 3. The SMILES string of the molecule is COC(=O)c1ccc(-c2ccc(Oc3cc4c(cc3OC)CCN(C(=O)OC(C)(C)C)[C@]4(C)CC(=O)Nc3nccs3)cc2F)cc1. The number of thiazole rings is 1.